The number of nitrogens with zero attached hydrogens (tertiary/aromatic N) is 3. The van der Waals surface area contributed by atoms with Crippen molar-refractivity contribution in [2.75, 3.05) is 23.7 Å². The Morgan fingerprint density at radius 1 is 1.39 bits per heavy atom. The van der Waals surface area contributed by atoms with Crippen molar-refractivity contribution in [2.45, 2.75) is 19.9 Å². The van der Waals surface area contributed by atoms with Gasteiger partial charge in [0.05, 0.1) is 0 Å². The lowest BCUT2D eigenvalue weighted by molar-refractivity contribution is -0.121. The summed E-state index contributed by atoms with van der Waals surface area (Å²) >= 11 is 0. The molecule has 0 aliphatic carbocycles. The number of benzene rings is 1. The number of hydrogen-bond donors (Lipinski definition) is 2. The average molecular weight is 313 g/mol. The van der Waals surface area contributed by atoms with Gasteiger partial charge in [-0.1, -0.05) is 12.1 Å². The SMILES string of the molecule is Cc1cccc(N2C[C@@H](C)N(C(=O)c3cc(N)n[nH]3)CC2=O)c1. The van der Waals surface area contributed by atoms with E-state index in [1.54, 1.807) is 9.80 Å². The lowest BCUT2D eigenvalue weighted by atomic mass is 10.1. The molecule has 23 heavy (non-hydrogen) atoms. The topological polar surface area (TPSA) is 95.3 Å². The van der Waals surface area contributed by atoms with Crippen LogP contribution in [0.4, 0.5) is 11.5 Å². The Morgan fingerprint density at radius 3 is 2.83 bits per heavy atom. The lowest BCUT2D eigenvalue weighted by Gasteiger charge is -2.39. The minimum absolute atomic E-state index is 0.0346. The maximum Gasteiger partial charge on any atom is 0.272 e. The summed E-state index contributed by atoms with van der Waals surface area (Å²) in [5, 5.41) is 6.36. The third kappa shape index (κ3) is 2.90. The number of amides is 2. The Hall–Kier alpha value is -2.83. The first kappa shape index (κ1) is 15.1. The number of rotatable bonds is 2. The molecule has 2 heterocycles. The Morgan fingerprint density at radius 2 is 2.17 bits per heavy atom. The van der Waals surface area contributed by atoms with Crippen molar-refractivity contribution in [3.8, 4) is 0 Å². The first-order valence-corrected chi connectivity index (χ1v) is 7.44. The summed E-state index contributed by atoms with van der Waals surface area (Å²) in [6, 6.07) is 9.16. The van der Waals surface area contributed by atoms with Crippen LogP contribution < -0.4 is 10.6 Å². The van der Waals surface area contributed by atoms with Crippen LogP contribution in [0, 0.1) is 6.92 Å². The monoisotopic (exact) mass is 313 g/mol. The zero-order valence-electron chi connectivity index (χ0n) is 13.1. The molecule has 3 rings (SSSR count). The molecule has 1 aromatic heterocycles. The van der Waals surface area contributed by atoms with Crippen molar-refractivity contribution in [3.05, 3.63) is 41.6 Å². The minimum Gasteiger partial charge on any atom is -0.382 e. The van der Waals surface area contributed by atoms with Crippen LogP contribution in [0.25, 0.3) is 0 Å². The molecule has 0 spiro atoms. The Balaban J connectivity index is 1.79. The van der Waals surface area contributed by atoms with Gasteiger partial charge < -0.3 is 15.5 Å². The fourth-order valence-corrected chi connectivity index (χ4v) is 2.77. The molecule has 0 unspecified atom stereocenters. The first-order valence-electron chi connectivity index (χ1n) is 7.44. The normalized spacial score (nSPS) is 18.3. The minimum atomic E-state index is -0.265. The van der Waals surface area contributed by atoms with E-state index in [4.69, 9.17) is 5.73 Å². The van der Waals surface area contributed by atoms with Crippen LogP contribution >= 0.6 is 0 Å². The van der Waals surface area contributed by atoms with Crippen molar-refractivity contribution in [1.29, 1.82) is 0 Å². The van der Waals surface area contributed by atoms with Crippen molar-refractivity contribution >= 4 is 23.3 Å². The van der Waals surface area contributed by atoms with Crippen LogP contribution in [0.3, 0.4) is 0 Å². The number of nitrogen functional groups attached to an aromatic ring is 1. The summed E-state index contributed by atoms with van der Waals surface area (Å²) in [4.78, 5) is 28.2. The second-order valence-electron chi connectivity index (χ2n) is 5.83. The number of H-pyrrole nitrogens is 1. The van der Waals surface area contributed by atoms with Crippen molar-refractivity contribution in [3.63, 3.8) is 0 Å². The van der Waals surface area contributed by atoms with Gasteiger partial charge in [-0.05, 0) is 31.5 Å². The molecule has 1 aliphatic heterocycles. The Bertz CT molecular complexity index is 754. The summed E-state index contributed by atoms with van der Waals surface area (Å²) in [6.07, 6.45) is 0. The van der Waals surface area contributed by atoms with E-state index in [1.165, 1.54) is 6.07 Å². The van der Waals surface area contributed by atoms with Crippen LogP contribution in [-0.2, 0) is 4.79 Å². The van der Waals surface area contributed by atoms with Gasteiger partial charge in [0.25, 0.3) is 5.91 Å². The van der Waals surface area contributed by atoms with E-state index in [-0.39, 0.29) is 30.2 Å². The molecule has 120 valence electrons. The molecular weight excluding hydrogens is 294 g/mol. The van der Waals surface area contributed by atoms with Gasteiger partial charge in [0.15, 0.2) is 0 Å². The van der Waals surface area contributed by atoms with Gasteiger partial charge in [-0.3, -0.25) is 14.7 Å². The van der Waals surface area contributed by atoms with Gasteiger partial charge >= 0.3 is 0 Å². The first-order chi connectivity index (χ1) is 11.0. The predicted octanol–water partition coefficient (Wildman–Crippen LogP) is 1.18. The number of anilines is 2. The van der Waals surface area contributed by atoms with E-state index in [0.29, 0.717) is 12.2 Å². The van der Waals surface area contributed by atoms with Crippen LogP contribution in [0.1, 0.15) is 23.0 Å². The molecule has 1 aliphatic rings. The molecular formula is C16H19N5O2. The standard InChI is InChI=1S/C16H19N5O2/c1-10-4-3-5-12(6-10)21-8-11(2)20(9-15(21)22)16(23)13-7-14(17)19-18-13/h3-7,11H,8-9H2,1-2H3,(H3,17,18,19)/t11-/m1/s1. The predicted molar refractivity (Wildman–Crippen MR) is 87.0 cm³/mol. The number of carbonyl (C=O) groups is 2. The Kier molecular flexibility index (Phi) is 3.77. The van der Waals surface area contributed by atoms with E-state index in [9.17, 15) is 9.59 Å². The number of hydrogen-bond acceptors (Lipinski definition) is 4. The van der Waals surface area contributed by atoms with Crippen molar-refractivity contribution < 1.29 is 9.59 Å². The highest BCUT2D eigenvalue weighted by atomic mass is 16.2. The molecule has 7 nitrogen and oxygen atoms in total. The molecule has 2 amide bonds. The molecule has 7 heteroatoms. The van der Waals surface area contributed by atoms with Gasteiger partial charge in [0.2, 0.25) is 5.91 Å². The fourth-order valence-electron chi connectivity index (χ4n) is 2.77. The maximum atomic E-state index is 12.5. The second-order valence-corrected chi connectivity index (χ2v) is 5.83. The summed E-state index contributed by atoms with van der Waals surface area (Å²) in [5.41, 5.74) is 7.78. The van der Waals surface area contributed by atoms with Crippen LogP contribution in [0.15, 0.2) is 30.3 Å². The Labute approximate surface area is 134 Å². The lowest BCUT2D eigenvalue weighted by Crippen LogP contribution is -2.57. The molecule has 2 aromatic rings. The molecule has 0 radical (unpaired) electrons. The van der Waals surface area contributed by atoms with Crippen LogP contribution in [0.2, 0.25) is 0 Å². The number of nitrogens with one attached hydrogen (secondary N) is 1. The average Bonchev–Trinajstić information content (AvgIpc) is 2.95. The van der Waals surface area contributed by atoms with E-state index in [2.05, 4.69) is 10.2 Å². The maximum absolute atomic E-state index is 12.5. The third-order valence-corrected chi connectivity index (χ3v) is 3.99. The number of piperazine rings is 1. The molecule has 1 atom stereocenters. The highest BCUT2D eigenvalue weighted by molar-refractivity contribution is 6.01. The van der Waals surface area contributed by atoms with Gasteiger partial charge in [-0.15, -0.1) is 0 Å². The smallest absolute Gasteiger partial charge is 0.272 e. The molecule has 1 fully saturated rings. The zero-order chi connectivity index (χ0) is 16.6. The third-order valence-electron chi connectivity index (χ3n) is 3.99. The van der Waals surface area contributed by atoms with Gasteiger partial charge in [-0.25, -0.2) is 0 Å². The van der Waals surface area contributed by atoms with Gasteiger partial charge in [-0.2, -0.15) is 5.10 Å². The van der Waals surface area contributed by atoms with Crippen LogP contribution in [-0.4, -0.2) is 46.0 Å². The summed E-state index contributed by atoms with van der Waals surface area (Å²) in [6.45, 7) is 4.40. The molecule has 1 aromatic carbocycles. The van der Waals surface area contributed by atoms with E-state index >= 15 is 0 Å². The molecule has 3 N–H and O–H groups in total. The summed E-state index contributed by atoms with van der Waals surface area (Å²) in [5.74, 6) is -0.112. The highest BCUT2D eigenvalue weighted by Crippen LogP contribution is 2.22. The number of carbonyl (C=O) groups excluding carboxylic acids is 2. The number of aromatic nitrogens is 2. The summed E-state index contributed by atoms with van der Waals surface area (Å²) in [7, 11) is 0. The molecule has 0 bridgehead atoms. The van der Waals surface area contributed by atoms with E-state index in [1.807, 2.05) is 38.1 Å². The quantitative estimate of drug-likeness (QED) is 0.870. The zero-order valence-corrected chi connectivity index (χ0v) is 13.1. The highest BCUT2D eigenvalue weighted by Gasteiger charge is 2.34. The van der Waals surface area contributed by atoms with Crippen molar-refractivity contribution in [2.24, 2.45) is 0 Å². The van der Waals surface area contributed by atoms with E-state index in [0.717, 1.165) is 11.3 Å². The van der Waals surface area contributed by atoms with Gasteiger partial charge in [0, 0.05) is 24.3 Å². The number of aromatic amines is 1. The number of aryl methyl sites for hydroxylation is 1. The van der Waals surface area contributed by atoms with Crippen LogP contribution in [0.5, 0.6) is 0 Å². The largest absolute Gasteiger partial charge is 0.382 e. The van der Waals surface area contributed by atoms with Crippen molar-refractivity contribution in [1.82, 2.24) is 15.1 Å². The molecule has 1 saturated heterocycles. The molecule has 0 saturated carbocycles. The fraction of sp³-hybridized carbons (Fsp3) is 0.312. The van der Waals surface area contributed by atoms with E-state index < -0.39 is 0 Å². The second kappa shape index (κ2) is 5.75. The van der Waals surface area contributed by atoms with Gasteiger partial charge in [0.1, 0.15) is 18.1 Å². The number of nitrogens with two attached hydrogens (primary N) is 1. The summed E-state index contributed by atoms with van der Waals surface area (Å²) < 4.78 is 0.